The van der Waals surface area contributed by atoms with Crippen molar-refractivity contribution in [1.29, 1.82) is 0 Å². The molecule has 0 unspecified atom stereocenters. The Labute approximate surface area is 179 Å². The molecule has 2 aromatic rings. The third-order valence-electron chi connectivity index (χ3n) is 4.79. The van der Waals surface area contributed by atoms with Crippen LogP contribution in [0.15, 0.2) is 70.9 Å². The molecule has 9 nitrogen and oxygen atoms in total. The Morgan fingerprint density at radius 2 is 1.55 bits per heavy atom. The van der Waals surface area contributed by atoms with Crippen LogP contribution in [0.4, 0.5) is 4.79 Å². The number of carbonyl (C=O) groups is 3. The summed E-state index contributed by atoms with van der Waals surface area (Å²) in [7, 11) is 1.24. The zero-order valence-corrected chi connectivity index (χ0v) is 17.0. The van der Waals surface area contributed by atoms with Gasteiger partial charge in [-0.2, -0.15) is 10.2 Å². The summed E-state index contributed by atoms with van der Waals surface area (Å²) in [6, 6.07) is 18.1. The number of methoxy groups -OCH3 is 1. The van der Waals surface area contributed by atoms with E-state index in [1.54, 1.807) is 24.3 Å². The highest BCUT2D eigenvalue weighted by atomic mass is 16.6. The minimum atomic E-state index is -1.88. The molecule has 0 saturated heterocycles. The van der Waals surface area contributed by atoms with Crippen molar-refractivity contribution in [2.24, 2.45) is 16.1 Å². The number of esters is 2. The molecular formula is C22H23N3O6. The van der Waals surface area contributed by atoms with Crippen LogP contribution in [0.25, 0.3) is 0 Å². The molecule has 0 fully saturated rings. The first-order chi connectivity index (χ1) is 15.0. The first-order valence-electron chi connectivity index (χ1n) is 9.69. The summed E-state index contributed by atoms with van der Waals surface area (Å²) < 4.78 is 15.3. The van der Waals surface area contributed by atoms with E-state index in [0.717, 1.165) is 11.1 Å². The third-order valence-corrected chi connectivity index (χ3v) is 4.79. The highest BCUT2D eigenvalue weighted by Crippen LogP contribution is 2.32. The van der Waals surface area contributed by atoms with Gasteiger partial charge in [-0.1, -0.05) is 60.7 Å². The van der Waals surface area contributed by atoms with E-state index in [4.69, 9.17) is 14.2 Å². The summed E-state index contributed by atoms with van der Waals surface area (Å²) in [5.74, 6) is -2.16. The second kappa shape index (κ2) is 10.3. The van der Waals surface area contributed by atoms with E-state index >= 15 is 0 Å². The van der Waals surface area contributed by atoms with Gasteiger partial charge in [0.05, 0.1) is 20.1 Å². The van der Waals surface area contributed by atoms with Crippen LogP contribution < -0.4 is 5.32 Å². The highest BCUT2D eigenvalue weighted by molar-refractivity contribution is 5.87. The molecule has 3 rings (SSSR count). The standard InChI is InChI=1S/C22H23N3O6/c1-29-19(26)12-18-13-23-25-22(18,20(27)30-14-16-8-4-2-5-9-16)24-21(28)31-15-17-10-6-3-7-11-17/h2-11,18H,12-15H2,1H3,(H,24,28)/t18-,22+/m0/s1. The zero-order chi connectivity index (χ0) is 22.1. The van der Waals surface area contributed by atoms with Gasteiger partial charge in [0.15, 0.2) is 0 Å². The lowest BCUT2D eigenvalue weighted by molar-refractivity contribution is -0.155. The van der Waals surface area contributed by atoms with Gasteiger partial charge in [0.2, 0.25) is 0 Å². The molecular weight excluding hydrogens is 402 g/mol. The number of hydrogen-bond acceptors (Lipinski definition) is 8. The summed E-state index contributed by atoms with van der Waals surface area (Å²) in [6.45, 7) is 0.0256. The quantitative estimate of drug-likeness (QED) is 0.513. The molecule has 1 amide bonds. The molecule has 0 bridgehead atoms. The molecule has 162 valence electrons. The second-order valence-electron chi connectivity index (χ2n) is 6.92. The number of benzene rings is 2. The third kappa shape index (κ3) is 5.65. The first-order valence-corrected chi connectivity index (χ1v) is 9.69. The van der Waals surface area contributed by atoms with Gasteiger partial charge in [-0.25, -0.2) is 9.59 Å². The maximum Gasteiger partial charge on any atom is 0.409 e. The van der Waals surface area contributed by atoms with Gasteiger partial charge in [-0.15, -0.1) is 0 Å². The van der Waals surface area contributed by atoms with Gasteiger partial charge in [0.25, 0.3) is 5.66 Å². The predicted molar refractivity (Wildman–Crippen MR) is 109 cm³/mol. The van der Waals surface area contributed by atoms with E-state index in [0.29, 0.717) is 0 Å². The van der Waals surface area contributed by atoms with Crippen molar-refractivity contribution in [3.05, 3.63) is 71.8 Å². The summed E-state index contributed by atoms with van der Waals surface area (Å²) in [4.78, 5) is 37.4. The van der Waals surface area contributed by atoms with Crippen molar-refractivity contribution in [2.75, 3.05) is 13.7 Å². The Kier molecular flexibility index (Phi) is 7.31. The van der Waals surface area contributed by atoms with Crippen LogP contribution >= 0.6 is 0 Å². The van der Waals surface area contributed by atoms with Crippen molar-refractivity contribution in [2.45, 2.75) is 25.3 Å². The lowest BCUT2D eigenvalue weighted by atomic mass is 9.91. The molecule has 31 heavy (non-hydrogen) atoms. The van der Waals surface area contributed by atoms with Gasteiger partial charge in [0.1, 0.15) is 13.2 Å². The Balaban J connectivity index is 1.73. The molecule has 0 spiro atoms. The van der Waals surface area contributed by atoms with Crippen LogP contribution in [-0.4, -0.2) is 37.3 Å². The number of ether oxygens (including phenoxy) is 3. The Morgan fingerprint density at radius 1 is 0.968 bits per heavy atom. The summed E-state index contributed by atoms with van der Waals surface area (Å²) >= 11 is 0. The number of nitrogens with zero attached hydrogens (tertiary/aromatic N) is 2. The fourth-order valence-electron chi connectivity index (χ4n) is 3.09. The van der Waals surface area contributed by atoms with Gasteiger partial charge in [-0.05, 0) is 11.1 Å². The monoisotopic (exact) mass is 425 g/mol. The number of hydrogen-bond donors (Lipinski definition) is 1. The zero-order valence-electron chi connectivity index (χ0n) is 17.0. The van der Waals surface area contributed by atoms with Crippen LogP contribution in [0, 0.1) is 5.92 Å². The highest BCUT2D eigenvalue weighted by Gasteiger charge is 2.53. The van der Waals surface area contributed by atoms with Crippen LogP contribution in [0.2, 0.25) is 0 Å². The number of rotatable bonds is 8. The van der Waals surface area contributed by atoms with Crippen LogP contribution in [0.1, 0.15) is 17.5 Å². The van der Waals surface area contributed by atoms with Crippen LogP contribution in [0.5, 0.6) is 0 Å². The minimum absolute atomic E-state index is 0.000623. The molecule has 1 heterocycles. The molecule has 0 saturated carbocycles. The van der Waals surface area contributed by atoms with Crippen molar-refractivity contribution < 1.29 is 28.6 Å². The van der Waals surface area contributed by atoms with Gasteiger partial charge < -0.3 is 14.2 Å². The van der Waals surface area contributed by atoms with E-state index < -0.39 is 29.6 Å². The number of nitrogens with one attached hydrogen (secondary N) is 1. The summed E-state index contributed by atoms with van der Waals surface area (Å²) in [5, 5.41) is 10.3. The van der Waals surface area contributed by atoms with Crippen molar-refractivity contribution in [1.82, 2.24) is 5.32 Å². The smallest absolute Gasteiger partial charge is 0.409 e. The van der Waals surface area contributed by atoms with E-state index in [-0.39, 0.29) is 26.2 Å². The predicted octanol–water partition coefficient (Wildman–Crippen LogP) is 3.00. The molecule has 9 heteroatoms. The number of alkyl carbamates (subject to hydrolysis) is 1. The lowest BCUT2D eigenvalue weighted by Gasteiger charge is -2.29. The minimum Gasteiger partial charge on any atom is -0.469 e. The van der Waals surface area contributed by atoms with Crippen molar-refractivity contribution >= 4 is 18.0 Å². The Morgan fingerprint density at radius 3 is 2.13 bits per heavy atom. The fourth-order valence-corrected chi connectivity index (χ4v) is 3.09. The topological polar surface area (TPSA) is 116 Å². The van der Waals surface area contributed by atoms with Crippen LogP contribution in [-0.2, 0) is 37.0 Å². The fraction of sp³-hybridized carbons (Fsp3) is 0.318. The molecule has 2 aromatic carbocycles. The molecule has 1 aliphatic heterocycles. The Hall–Kier alpha value is -3.75. The van der Waals surface area contributed by atoms with E-state index in [1.807, 2.05) is 36.4 Å². The number of azo groups is 1. The largest absolute Gasteiger partial charge is 0.469 e. The van der Waals surface area contributed by atoms with Gasteiger partial charge in [0, 0.05) is 5.92 Å². The average Bonchev–Trinajstić information content (AvgIpc) is 3.20. The van der Waals surface area contributed by atoms with E-state index in [9.17, 15) is 14.4 Å². The van der Waals surface area contributed by atoms with Crippen LogP contribution in [0.3, 0.4) is 0 Å². The summed E-state index contributed by atoms with van der Waals surface area (Å²) in [6.07, 6.45) is -1.06. The molecule has 0 aliphatic carbocycles. The molecule has 0 radical (unpaired) electrons. The number of carbonyl (C=O) groups excluding carboxylic acids is 3. The SMILES string of the molecule is COC(=O)C[C@H]1CN=N[C@@]1(NC(=O)OCc1ccccc1)C(=O)OCc1ccccc1. The molecule has 1 aliphatic rings. The number of amides is 1. The maximum atomic E-state index is 13.0. The van der Waals surface area contributed by atoms with Gasteiger partial charge in [-0.3, -0.25) is 10.1 Å². The normalized spacial score (nSPS) is 19.5. The second-order valence-corrected chi connectivity index (χ2v) is 6.92. The first kappa shape index (κ1) is 21.9. The average molecular weight is 425 g/mol. The molecule has 1 N–H and O–H groups in total. The molecule has 2 atom stereocenters. The van der Waals surface area contributed by atoms with Crippen molar-refractivity contribution in [3.63, 3.8) is 0 Å². The lowest BCUT2D eigenvalue weighted by Crippen LogP contribution is -2.58. The molecule has 0 aromatic heterocycles. The van der Waals surface area contributed by atoms with E-state index in [2.05, 4.69) is 15.5 Å². The van der Waals surface area contributed by atoms with E-state index in [1.165, 1.54) is 7.11 Å². The van der Waals surface area contributed by atoms with Gasteiger partial charge >= 0.3 is 18.0 Å². The van der Waals surface area contributed by atoms with Crippen molar-refractivity contribution in [3.8, 4) is 0 Å². The summed E-state index contributed by atoms with van der Waals surface area (Å²) in [5.41, 5.74) is -0.342. The maximum absolute atomic E-state index is 13.0. The Bertz CT molecular complexity index is 935.